The first-order chi connectivity index (χ1) is 12.7. The number of aromatic nitrogens is 2. The summed E-state index contributed by atoms with van der Waals surface area (Å²) in [5.74, 6) is 2.12. The molecule has 1 aromatic carbocycles. The smallest absolute Gasteiger partial charge is 0.253 e. The number of aryl methyl sites for hydroxylation is 1. The number of ether oxygens (including phenoxy) is 2. The quantitative estimate of drug-likeness (QED) is 0.765. The molecule has 1 fully saturated rings. The second-order valence-electron chi connectivity index (χ2n) is 6.69. The van der Waals surface area contributed by atoms with E-state index < -0.39 is 0 Å². The van der Waals surface area contributed by atoms with Gasteiger partial charge in [0.2, 0.25) is 0 Å². The van der Waals surface area contributed by atoms with Crippen molar-refractivity contribution < 1.29 is 14.3 Å². The molecule has 1 saturated heterocycles. The summed E-state index contributed by atoms with van der Waals surface area (Å²) in [6.07, 6.45) is 5.80. The zero-order chi connectivity index (χ0) is 18.4. The highest BCUT2D eigenvalue weighted by Crippen LogP contribution is 2.20. The lowest BCUT2D eigenvalue weighted by Crippen LogP contribution is -2.41. The number of imidazole rings is 1. The Morgan fingerprint density at radius 3 is 2.81 bits per heavy atom. The molecular weight excluding hydrogens is 330 g/mol. The maximum Gasteiger partial charge on any atom is 0.253 e. The summed E-state index contributed by atoms with van der Waals surface area (Å²) >= 11 is 0. The Balaban J connectivity index is 1.55. The summed E-state index contributed by atoms with van der Waals surface area (Å²) in [6.45, 7) is 5.46. The lowest BCUT2D eigenvalue weighted by molar-refractivity contribution is 0.0501. The van der Waals surface area contributed by atoms with Gasteiger partial charge in [0.15, 0.2) is 0 Å². The molecule has 0 spiro atoms. The zero-order valence-corrected chi connectivity index (χ0v) is 15.6. The van der Waals surface area contributed by atoms with E-state index in [-0.39, 0.29) is 5.91 Å². The topological polar surface area (TPSA) is 56.6 Å². The van der Waals surface area contributed by atoms with Gasteiger partial charge < -0.3 is 18.9 Å². The van der Waals surface area contributed by atoms with Crippen molar-refractivity contribution in [2.75, 3.05) is 26.3 Å². The maximum absolute atomic E-state index is 12.8. The maximum atomic E-state index is 12.8. The highest BCUT2D eigenvalue weighted by Gasteiger charge is 2.24. The Kier molecular flexibility index (Phi) is 6.28. The van der Waals surface area contributed by atoms with E-state index in [2.05, 4.69) is 4.98 Å². The molecule has 140 valence electrons. The summed E-state index contributed by atoms with van der Waals surface area (Å²) in [7, 11) is 1.94. The average molecular weight is 357 g/mol. The normalized spacial score (nSPS) is 17.3. The van der Waals surface area contributed by atoms with E-state index in [1.165, 1.54) is 0 Å². The summed E-state index contributed by atoms with van der Waals surface area (Å²) in [4.78, 5) is 18.9. The van der Waals surface area contributed by atoms with Crippen LogP contribution in [0.25, 0.3) is 0 Å². The van der Waals surface area contributed by atoms with Crippen molar-refractivity contribution in [3.8, 4) is 5.75 Å². The fraction of sp³-hybridized carbons (Fsp3) is 0.500. The van der Waals surface area contributed by atoms with Crippen LogP contribution in [0.4, 0.5) is 0 Å². The fourth-order valence-corrected chi connectivity index (χ4v) is 3.23. The highest BCUT2D eigenvalue weighted by atomic mass is 16.5. The van der Waals surface area contributed by atoms with Crippen molar-refractivity contribution in [1.29, 1.82) is 0 Å². The minimum Gasteiger partial charge on any atom is -0.486 e. The van der Waals surface area contributed by atoms with E-state index in [1.54, 1.807) is 6.20 Å². The van der Waals surface area contributed by atoms with Crippen LogP contribution in [-0.4, -0.2) is 46.7 Å². The molecule has 1 aliphatic heterocycles. The number of rotatable bonds is 7. The molecule has 1 aromatic heterocycles. The zero-order valence-electron chi connectivity index (χ0n) is 15.6. The monoisotopic (exact) mass is 357 g/mol. The molecule has 1 atom stereocenters. The molecule has 2 heterocycles. The highest BCUT2D eigenvalue weighted by molar-refractivity contribution is 5.94. The molecule has 1 amide bonds. The average Bonchev–Trinajstić information content (AvgIpc) is 3.09. The molecular formula is C20H27N3O3. The molecule has 0 bridgehead atoms. The number of piperidine rings is 1. The van der Waals surface area contributed by atoms with Crippen LogP contribution in [0.2, 0.25) is 0 Å². The van der Waals surface area contributed by atoms with Crippen molar-refractivity contribution in [3.63, 3.8) is 0 Å². The third kappa shape index (κ3) is 4.64. The molecule has 0 N–H and O–H groups in total. The van der Waals surface area contributed by atoms with Gasteiger partial charge in [-0.25, -0.2) is 4.98 Å². The van der Waals surface area contributed by atoms with Gasteiger partial charge in [-0.2, -0.15) is 0 Å². The number of hydrogen-bond acceptors (Lipinski definition) is 4. The molecule has 3 rings (SSSR count). The van der Waals surface area contributed by atoms with Crippen molar-refractivity contribution >= 4 is 5.91 Å². The second-order valence-corrected chi connectivity index (χ2v) is 6.69. The van der Waals surface area contributed by atoms with Gasteiger partial charge in [-0.1, -0.05) is 0 Å². The van der Waals surface area contributed by atoms with Gasteiger partial charge in [-0.15, -0.1) is 0 Å². The molecule has 6 heteroatoms. The van der Waals surface area contributed by atoms with Gasteiger partial charge >= 0.3 is 0 Å². The largest absolute Gasteiger partial charge is 0.486 e. The molecule has 1 aliphatic rings. The van der Waals surface area contributed by atoms with Crippen LogP contribution < -0.4 is 4.74 Å². The van der Waals surface area contributed by atoms with Crippen LogP contribution in [0.1, 0.15) is 35.9 Å². The molecule has 6 nitrogen and oxygen atoms in total. The first-order valence-corrected chi connectivity index (χ1v) is 9.23. The van der Waals surface area contributed by atoms with Crippen LogP contribution in [-0.2, 0) is 18.4 Å². The lowest BCUT2D eigenvalue weighted by atomic mass is 9.98. The molecule has 26 heavy (non-hydrogen) atoms. The SMILES string of the molecule is CCOC[C@@H]1CCCN(C(=O)c2ccc(OCc3nccn3C)cc2)C1. The van der Waals surface area contributed by atoms with Gasteiger partial charge in [-0.3, -0.25) is 4.79 Å². The van der Waals surface area contributed by atoms with Gasteiger partial charge in [-0.05, 0) is 49.9 Å². The Morgan fingerprint density at radius 1 is 1.31 bits per heavy atom. The van der Waals surface area contributed by atoms with Crippen LogP contribution in [0, 0.1) is 5.92 Å². The first-order valence-electron chi connectivity index (χ1n) is 9.23. The second kappa shape index (κ2) is 8.85. The van der Waals surface area contributed by atoms with E-state index in [1.807, 2.05) is 53.9 Å². The number of likely N-dealkylation sites (tertiary alicyclic amines) is 1. The molecule has 0 radical (unpaired) electrons. The van der Waals surface area contributed by atoms with Crippen LogP contribution >= 0.6 is 0 Å². The number of benzene rings is 1. The van der Waals surface area contributed by atoms with Gasteiger partial charge in [0.1, 0.15) is 18.2 Å². The molecule has 0 aliphatic carbocycles. The molecule has 0 unspecified atom stereocenters. The van der Waals surface area contributed by atoms with Crippen LogP contribution in [0.15, 0.2) is 36.7 Å². The van der Waals surface area contributed by atoms with Crippen molar-refractivity contribution in [1.82, 2.24) is 14.5 Å². The van der Waals surface area contributed by atoms with Gasteiger partial charge in [0.25, 0.3) is 5.91 Å². The summed E-state index contributed by atoms with van der Waals surface area (Å²) in [5, 5.41) is 0. The Hall–Kier alpha value is -2.34. The summed E-state index contributed by atoms with van der Waals surface area (Å²) < 4.78 is 13.2. The van der Waals surface area contributed by atoms with Crippen LogP contribution in [0.3, 0.4) is 0 Å². The Labute approximate surface area is 154 Å². The van der Waals surface area contributed by atoms with E-state index in [0.29, 0.717) is 18.1 Å². The third-order valence-corrected chi connectivity index (χ3v) is 4.75. The van der Waals surface area contributed by atoms with E-state index >= 15 is 0 Å². The number of nitrogens with zero attached hydrogens (tertiary/aromatic N) is 3. The number of hydrogen-bond donors (Lipinski definition) is 0. The van der Waals surface area contributed by atoms with E-state index in [4.69, 9.17) is 9.47 Å². The minimum absolute atomic E-state index is 0.0850. The van der Waals surface area contributed by atoms with Crippen molar-refractivity contribution in [3.05, 3.63) is 48.0 Å². The van der Waals surface area contributed by atoms with Crippen molar-refractivity contribution in [2.45, 2.75) is 26.4 Å². The lowest BCUT2D eigenvalue weighted by Gasteiger charge is -2.32. The molecule has 0 saturated carbocycles. The first kappa shape index (κ1) is 18.5. The fourth-order valence-electron chi connectivity index (χ4n) is 3.23. The number of carbonyl (C=O) groups excluding carboxylic acids is 1. The van der Waals surface area contributed by atoms with Crippen molar-refractivity contribution in [2.24, 2.45) is 13.0 Å². The van der Waals surface area contributed by atoms with Gasteiger partial charge in [0.05, 0.1) is 6.61 Å². The molecule has 2 aromatic rings. The van der Waals surface area contributed by atoms with E-state index in [0.717, 1.165) is 50.7 Å². The van der Waals surface area contributed by atoms with E-state index in [9.17, 15) is 4.79 Å². The van der Waals surface area contributed by atoms with Crippen LogP contribution in [0.5, 0.6) is 5.75 Å². The summed E-state index contributed by atoms with van der Waals surface area (Å²) in [5.41, 5.74) is 0.700. The standard InChI is InChI=1S/C20H27N3O3/c1-3-25-14-16-5-4-11-23(13-16)20(24)17-6-8-18(9-7-17)26-15-19-21-10-12-22(19)2/h6-10,12,16H,3-5,11,13-15H2,1-2H3/t16-/m1/s1. The predicted octanol–water partition coefficient (Wildman–Crippen LogP) is 2.89. The summed E-state index contributed by atoms with van der Waals surface area (Å²) in [6, 6.07) is 7.36. The Bertz CT molecular complexity index is 711. The Morgan fingerprint density at radius 2 is 2.12 bits per heavy atom. The predicted molar refractivity (Wildman–Crippen MR) is 99.1 cm³/mol. The minimum atomic E-state index is 0.0850. The number of carbonyl (C=O) groups is 1. The van der Waals surface area contributed by atoms with Gasteiger partial charge in [0, 0.05) is 44.7 Å². The third-order valence-electron chi connectivity index (χ3n) is 4.75. The number of amides is 1.